The van der Waals surface area contributed by atoms with E-state index in [4.69, 9.17) is 16.3 Å². The molecule has 1 unspecified atom stereocenters. The highest BCUT2D eigenvalue weighted by atomic mass is 16.5. The van der Waals surface area contributed by atoms with Gasteiger partial charge in [-0.25, -0.2) is 10.8 Å². The Morgan fingerprint density at radius 1 is 1.28 bits per heavy atom. The van der Waals surface area contributed by atoms with Gasteiger partial charge in [0.25, 0.3) is 5.91 Å². The van der Waals surface area contributed by atoms with E-state index in [1.54, 1.807) is 59.9 Å². The number of benzene rings is 1. The first-order valence-electron chi connectivity index (χ1n) is 12.7. The monoisotopic (exact) mass is 528 g/mol. The Kier molecular flexibility index (Phi) is 7.07. The molecule has 5 rings (SSSR count). The molecule has 1 aromatic carbocycles. The smallest absolute Gasteiger partial charge is 0.274 e. The number of hydrogen-bond donors (Lipinski definition) is 4. The van der Waals surface area contributed by atoms with Crippen molar-refractivity contribution < 1.29 is 14.3 Å². The number of hydrazine groups is 1. The van der Waals surface area contributed by atoms with Gasteiger partial charge in [0.2, 0.25) is 5.91 Å². The quantitative estimate of drug-likeness (QED) is 0.198. The van der Waals surface area contributed by atoms with E-state index in [9.17, 15) is 9.59 Å². The number of carbonyl (C=O) groups excluding carboxylic acids is 2. The summed E-state index contributed by atoms with van der Waals surface area (Å²) < 4.78 is 5.54. The molecule has 11 heteroatoms. The van der Waals surface area contributed by atoms with Gasteiger partial charge in [-0.15, -0.1) is 0 Å². The van der Waals surface area contributed by atoms with Gasteiger partial charge in [-0.3, -0.25) is 14.7 Å². The van der Waals surface area contributed by atoms with Crippen LogP contribution in [0.25, 0.3) is 17.1 Å². The first-order valence-corrected chi connectivity index (χ1v) is 12.7. The van der Waals surface area contributed by atoms with Gasteiger partial charge < -0.3 is 25.7 Å². The fraction of sp³-hybridized carbons (Fsp3) is 0.286. The molecule has 2 aliphatic rings. The second kappa shape index (κ2) is 10.6. The van der Waals surface area contributed by atoms with Crippen LogP contribution in [-0.4, -0.2) is 63.1 Å². The fourth-order valence-corrected chi connectivity index (χ4v) is 5.00. The van der Waals surface area contributed by atoms with Crippen LogP contribution >= 0.6 is 0 Å². The zero-order chi connectivity index (χ0) is 27.6. The van der Waals surface area contributed by atoms with Gasteiger partial charge in [0, 0.05) is 31.0 Å². The zero-order valence-electron chi connectivity index (χ0n) is 21.8. The van der Waals surface area contributed by atoms with Crippen LogP contribution in [0.3, 0.4) is 0 Å². The molecule has 39 heavy (non-hydrogen) atoms. The Morgan fingerprint density at radius 2 is 2.10 bits per heavy atom. The van der Waals surface area contributed by atoms with E-state index in [0.717, 1.165) is 25.8 Å². The van der Waals surface area contributed by atoms with Crippen molar-refractivity contribution in [1.29, 1.82) is 0 Å². The maximum Gasteiger partial charge on any atom is 0.274 e. The Morgan fingerprint density at radius 3 is 2.79 bits per heavy atom. The number of anilines is 1. The zero-order valence-corrected chi connectivity index (χ0v) is 21.8. The number of H-pyrrole nitrogens is 1. The number of aromatic nitrogens is 3. The summed E-state index contributed by atoms with van der Waals surface area (Å²) >= 11 is 0. The normalized spacial score (nSPS) is 17.9. The summed E-state index contributed by atoms with van der Waals surface area (Å²) in [6.07, 6.45) is 7.73. The lowest BCUT2D eigenvalue weighted by Crippen LogP contribution is -2.53. The average Bonchev–Trinajstić information content (AvgIpc) is 3.45. The van der Waals surface area contributed by atoms with Crippen molar-refractivity contribution >= 4 is 23.2 Å². The van der Waals surface area contributed by atoms with Gasteiger partial charge in [0.05, 0.1) is 35.9 Å². The van der Waals surface area contributed by atoms with E-state index in [-0.39, 0.29) is 29.0 Å². The highest BCUT2D eigenvalue weighted by Gasteiger charge is 2.50. The number of nitrogens with one attached hydrogen (secondary N) is 2. The third-order valence-corrected chi connectivity index (χ3v) is 7.32. The first-order chi connectivity index (χ1) is 18.8. The van der Waals surface area contributed by atoms with Crippen LogP contribution in [0.5, 0.6) is 5.75 Å². The van der Waals surface area contributed by atoms with E-state index in [0.29, 0.717) is 40.6 Å². The van der Waals surface area contributed by atoms with E-state index < -0.39 is 0 Å². The van der Waals surface area contributed by atoms with Crippen LogP contribution in [0.4, 0.5) is 5.69 Å². The van der Waals surface area contributed by atoms with Crippen molar-refractivity contribution in [2.45, 2.75) is 25.3 Å². The predicted octanol–water partition coefficient (Wildman–Crippen LogP) is 2.73. The number of pyridine rings is 1. The molecule has 2 aromatic heterocycles. The van der Waals surface area contributed by atoms with Crippen LogP contribution in [0.2, 0.25) is 0 Å². The number of hydrogen-bond acceptors (Lipinski definition) is 8. The molecule has 11 nitrogen and oxygen atoms in total. The highest BCUT2D eigenvalue weighted by molar-refractivity contribution is 6.04. The summed E-state index contributed by atoms with van der Waals surface area (Å²) in [5.74, 6) is 6.40. The second-order valence-corrected chi connectivity index (χ2v) is 10.1. The number of nitrogens with zero attached hydrogens (tertiary/aromatic N) is 4. The molecule has 1 saturated carbocycles. The van der Waals surface area contributed by atoms with Gasteiger partial charge >= 0.3 is 0 Å². The molecule has 1 spiro atoms. The summed E-state index contributed by atoms with van der Waals surface area (Å²) in [6.45, 7) is 4.88. The summed E-state index contributed by atoms with van der Waals surface area (Å²) in [7, 11) is 1.52. The van der Waals surface area contributed by atoms with Gasteiger partial charge in [0.15, 0.2) is 0 Å². The van der Waals surface area contributed by atoms with Crippen LogP contribution in [0, 0.1) is 5.41 Å². The van der Waals surface area contributed by atoms with Crippen molar-refractivity contribution in [2.24, 2.45) is 17.0 Å². The number of aromatic amines is 1. The number of ether oxygens (including phenoxy) is 1. The molecule has 3 aromatic rings. The first kappa shape index (κ1) is 26.0. The topological polar surface area (TPSA) is 155 Å². The van der Waals surface area contributed by atoms with Crippen LogP contribution in [0.1, 0.15) is 35.3 Å². The second-order valence-electron chi connectivity index (χ2n) is 10.1. The predicted molar refractivity (Wildman–Crippen MR) is 148 cm³/mol. The van der Waals surface area contributed by atoms with E-state index in [2.05, 4.69) is 27.1 Å². The summed E-state index contributed by atoms with van der Waals surface area (Å²) in [4.78, 5) is 31.5. The van der Waals surface area contributed by atoms with Gasteiger partial charge in [-0.05, 0) is 61.1 Å². The number of likely N-dealkylation sites (tertiary alicyclic amines) is 1. The van der Waals surface area contributed by atoms with Crippen LogP contribution in [0.15, 0.2) is 67.5 Å². The molecule has 0 radical (unpaired) electrons. The average molecular weight is 529 g/mol. The number of nitrogens with two attached hydrogens (primary N) is 2. The van der Waals surface area contributed by atoms with Crippen molar-refractivity contribution in [1.82, 2.24) is 25.1 Å². The molecule has 1 saturated heterocycles. The number of amides is 2. The molecule has 3 heterocycles. The molecular weight excluding hydrogens is 496 g/mol. The number of rotatable bonds is 8. The Balaban J connectivity index is 1.30. The molecule has 202 valence electrons. The van der Waals surface area contributed by atoms with Crippen molar-refractivity contribution in [3.63, 3.8) is 0 Å². The largest absolute Gasteiger partial charge is 0.495 e. The molecule has 0 bridgehead atoms. The fourth-order valence-electron chi connectivity index (χ4n) is 5.00. The van der Waals surface area contributed by atoms with Crippen molar-refractivity contribution in [3.8, 4) is 17.1 Å². The van der Waals surface area contributed by atoms with Crippen LogP contribution in [-0.2, 0) is 4.79 Å². The standard InChI is InChI=1S/C28H32N8O3/c1-3-26(37)35-15-19(14-28(17-35)10-11-28)36(30)16-20(29)18-7-8-23(25(13-18)39-2)33-27(38)24-6-4-5-21(32-24)22-9-12-31-34-22/h3-9,12-13,16,19H,1,10-11,14-15,17,29-30H2,2H3,(H,31,34)(H,33,38)/b20-16-. The summed E-state index contributed by atoms with van der Waals surface area (Å²) in [6, 6.07) is 12.1. The van der Waals surface area contributed by atoms with Crippen LogP contribution < -0.4 is 21.6 Å². The maximum atomic E-state index is 12.9. The van der Waals surface area contributed by atoms with Crippen molar-refractivity contribution in [2.75, 3.05) is 25.5 Å². The third-order valence-electron chi connectivity index (χ3n) is 7.32. The highest BCUT2D eigenvalue weighted by Crippen LogP contribution is 2.52. The molecular formula is C28H32N8O3. The van der Waals surface area contributed by atoms with E-state index in [1.807, 2.05) is 4.90 Å². The lowest BCUT2D eigenvalue weighted by molar-refractivity contribution is -0.129. The number of carbonyl (C=O) groups is 2. The SMILES string of the molecule is C=CC(=O)N1CC(N(N)/C=C(\N)c2ccc(NC(=O)c3cccc(-c4ccn[nH]4)n3)c(OC)c2)CC2(CC2)C1. The number of piperidine rings is 1. The minimum Gasteiger partial charge on any atom is -0.495 e. The van der Waals surface area contributed by atoms with Gasteiger partial charge in [0.1, 0.15) is 11.4 Å². The van der Waals surface area contributed by atoms with Gasteiger partial charge in [-0.2, -0.15) is 5.10 Å². The Hall–Kier alpha value is -4.64. The molecule has 1 atom stereocenters. The summed E-state index contributed by atoms with van der Waals surface area (Å²) in [5.41, 5.74) is 9.70. The third kappa shape index (κ3) is 5.63. The Bertz CT molecular complexity index is 1410. The molecule has 2 fully saturated rings. The van der Waals surface area contributed by atoms with Gasteiger partial charge in [-0.1, -0.05) is 18.7 Å². The minimum absolute atomic E-state index is 0.0609. The number of methoxy groups -OCH3 is 1. The van der Waals surface area contributed by atoms with E-state index in [1.165, 1.54) is 13.2 Å². The lowest BCUT2D eigenvalue weighted by atomic mass is 9.91. The van der Waals surface area contributed by atoms with E-state index >= 15 is 0 Å². The molecule has 1 aliphatic carbocycles. The molecule has 1 aliphatic heterocycles. The minimum atomic E-state index is -0.385. The molecule has 2 amide bonds. The maximum absolute atomic E-state index is 12.9. The Labute approximate surface area is 226 Å². The van der Waals surface area contributed by atoms with Crippen molar-refractivity contribution in [3.05, 3.63) is 78.8 Å². The lowest BCUT2D eigenvalue weighted by Gasteiger charge is -2.41. The summed E-state index contributed by atoms with van der Waals surface area (Å²) in [5, 5.41) is 11.2. The molecule has 6 N–H and O–H groups in total.